The molecular weight excluding hydrogens is 610 g/mol. The molecule has 5 N–H and O–H groups in total. The van der Waals surface area contributed by atoms with Gasteiger partial charge < -0.3 is 26.2 Å². The van der Waals surface area contributed by atoms with E-state index in [9.17, 15) is 33.1 Å². The van der Waals surface area contributed by atoms with Crippen molar-refractivity contribution in [3.8, 4) is 0 Å². The van der Waals surface area contributed by atoms with E-state index in [1.165, 1.54) is 13.0 Å². The molecule has 0 aliphatic carbocycles. The number of aliphatic hydroxyl groups excluding tert-OH is 1. The molecule has 0 aromatic heterocycles. The Morgan fingerprint density at radius 2 is 1.62 bits per heavy atom. The third kappa shape index (κ3) is 8.99. The maximum absolute atomic E-state index is 13.9. The molecule has 1 heterocycles. The van der Waals surface area contributed by atoms with Crippen molar-refractivity contribution in [1.29, 1.82) is 0 Å². The van der Waals surface area contributed by atoms with Crippen LogP contribution in [0.25, 0.3) is 0 Å². The largest absolute Gasteiger partial charge is 0.434 e. The third-order valence-corrected chi connectivity index (χ3v) is 8.59. The molecule has 4 rings (SSSR count). The summed E-state index contributed by atoms with van der Waals surface area (Å²) in [4.78, 5) is 52.2. The Hall–Kier alpha value is -4.68. The van der Waals surface area contributed by atoms with Gasteiger partial charge in [0, 0.05) is 13.0 Å². The van der Waals surface area contributed by atoms with Gasteiger partial charge in [-0.25, -0.2) is 13.6 Å². The van der Waals surface area contributed by atoms with Crippen molar-refractivity contribution in [2.24, 2.45) is 11.7 Å². The van der Waals surface area contributed by atoms with Crippen LogP contribution < -0.4 is 21.3 Å². The molecule has 1 fully saturated rings. The molecule has 47 heavy (non-hydrogen) atoms. The van der Waals surface area contributed by atoms with Crippen LogP contribution in [0.2, 0.25) is 0 Å². The standard InChI is InChI=1S/C35H40F2N4O6/c1-3-35(38,32(44)20-39-22(2)42)25(16-23-10-6-4-7-11-23)18-30(43)29(17-24-12-8-5-9-13-24)40-33(45)31-21-41(34(46)47-31)26-14-15-27(36)28(37)19-26/h4-15,19,25,29-31,43H,3,16-18,20-21,38H2,1-2H3,(H,39,42)(H,40,45)/t25?,29?,30-,31?,35?/m0/s1. The minimum Gasteiger partial charge on any atom is -0.434 e. The van der Waals surface area contributed by atoms with E-state index >= 15 is 0 Å². The number of ketones is 1. The summed E-state index contributed by atoms with van der Waals surface area (Å²) in [5, 5.41) is 17.1. The van der Waals surface area contributed by atoms with E-state index in [-0.39, 0.29) is 49.7 Å². The summed E-state index contributed by atoms with van der Waals surface area (Å²) < 4.78 is 32.6. The Balaban J connectivity index is 1.58. The van der Waals surface area contributed by atoms with Gasteiger partial charge in [-0.15, -0.1) is 0 Å². The van der Waals surface area contributed by atoms with Crippen molar-refractivity contribution in [3.05, 3.63) is 102 Å². The second kappa shape index (κ2) is 15.7. The number of carbonyl (C=O) groups is 4. The molecule has 3 aromatic rings. The van der Waals surface area contributed by atoms with E-state index in [1.807, 2.05) is 60.7 Å². The van der Waals surface area contributed by atoms with E-state index in [4.69, 9.17) is 10.5 Å². The lowest BCUT2D eigenvalue weighted by molar-refractivity contribution is -0.130. The van der Waals surface area contributed by atoms with Gasteiger partial charge in [0.15, 0.2) is 23.5 Å². The first-order chi connectivity index (χ1) is 22.4. The zero-order valence-corrected chi connectivity index (χ0v) is 26.3. The number of nitrogens with zero attached hydrogens (tertiary/aromatic N) is 1. The molecule has 4 unspecified atom stereocenters. The molecule has 0 saturated carbocycles. The Morgan fingerprint density at radius 3 is 2.19 bits per heavy atom. The maximum Gasteiger partial charge on any atom is 0.415 e. The van der Waals surface area contributed by atoms with E-state index < -0.39 is 53.3 Å². The Labute approximate surface area is 272 Å². The quantitative estimate of drug-likeness (QED) is 0.197. The summed E-state index contributed by atoms with van der Waals surface area (Å²) >= 11 is 0. The van der Waals surface area contributed by atoms with Crippen LogP contribution in [0.1, 0.15) is 37.8 Å². The minimum absolute atomic E-state index is 0.00820. The molecule has 1 aliphatic rings. The number of cyclic esters (lactones) is 1. The van der Waals surface area contributed by atoms with Gasteiger partial charge in [-0.2, -0.15) is 0 Å². The average molecular weight is 651 g/mol. The summed E-state index contributed by atoms with van der Waals surface area (Å²) in [7, 11) is 0. The molecule has 12 heteroatoms. The average Bonchev–Trinajstić information content (AvgIpc) is 3.46. The summed E-state index contributed by atoms with van der Waals surface area (Å²) in [6, 6.07) is 20.5. The number of amides is 3. The number of rotatable bonds is 15. The van der Waals surface area contributed by atoms with Crippen LogP contribution in [0.5, 0.6) is 0 Å². The molecule has 1 aliphatic heterocycles. The summed E-state index contributed by atoms with van der Waals surface area (Å²) in [6.45, 7) is 2.54. The van der Waals surface area contributed by atoms with Gasteiger partial charge in [0.2, 0.25) is 5.91 Å². The molecule has 1 saturated heterocycles. The van der Waals surface area contributed by atoms with Crippen molar-refractivity contribution in [2.45, 2.75) is 63.3 Å². The second-order valence-electron chi connectivity index (χ2n) is 11.8. The van der Waals surface area contributed by atoms with Crippen molar-refractivity contribution in [3.63, 3.8) is 0 Å². The van der Waals surface area contributed by atoms with Crippen LogP contribution in [0.4, 0.5) is 19.3 Å². The SMILES string of the molecule is CCC(N)(C(=O)CNC(C)=O)C(Cc1ccccc1)C[C@H](O)C(Cc1ccccc1)NC(=O)C1CN(c2ccc(F)c(F)c2)C(=O)O1. The minimum atomic E-state index is -1.42. The van der Waals surface area contributed by atoms with Crippen LogP contribution in [-0.4, -0.2) is 65.7 Å². The second-order valence-corrected chi connectivity index (χ2v) is 11.8. The first-order valence-electron chi connectivity index (χ1n) is 15.5. The van der Waals surface area contributed by atoms with Crippen molar-refractivity contribution >= 4 is 29.4 Å². The van der Waals surface area contributed by atoms with E-state index in [0.29, 0.717) is 6.42 Å². The first-order valence-corrected chi connectivity index (χ1v) is 15.5. The van der Waals surface area contributed by atoms with E-state index in [2.05, 4.69) is 10.6 Å². The van der Waals surface area contributed by atoms with Gasteiger partial charge >= 0.3 is 6.09 Å². The maximum atomic E-state index is 13.9. The third-order valence-electron chi connectivity index (χ3n) is 8.59. The number of nitrogens with two attached hydrogens (primary N) is 1. The van der Waals surface area contributed by atoms with Crippen LogP contribution >= 0.6 is 0 Å². The van der Waals surface area contributed by atoms with Crippen LogP contribution in [0.15, 0.2) is 78.9 Å². The van der Waals surface area contributed by atoms with E-state index in [1.54, 1.807) is 6.92 Å². The topological polar surface area (TPSA) is 151 Å². The van der Waals surface area contributed by atoms with Crippen molar-refractivity contribution in [2.75, 3.05) is 18.0 Å². The highest BCUT2D eigenvalue weighted by molar-refractivity contribution is 5.95. The van der Waals surface area contributed by atoms with Gasteiger partial charge in [-0.05, 0) is 54.9 Å². The number of nitrogens with one attached hydrogen (secondary N) is 2. The van der Waals surface area contributed by atoms with Gasteiger partial charge in [0.25, 0.3) is 5.91 Å². The lowest BCUT2D eigenvalue weighted by atomic mass is 9.72. The number of hydrogen-bond acceptors (Lipinski definition) is 7. The molecule has 3 aromatic carbocycles. The molecular formula is C35H40F2N4O6. The smallest absolute Gasteiger partial charge is 0.415 e. The number of ether oxygens (including phenoxy) is 1. The monoisotopic (exact) mass is 650 g/mol. The number of hydrogen-bond donors (Lipinski definition) is 4. The van der Waals surface area contributed by atoms with Crippen LogP contribution in [-0.2, 0) is 32.0 Å². The molecule has 0 bridgehead atoms. The zero-order valence-electron chi connectivity index (χ0n) is 26.3. The highest BCUT2D eigenvalue weighted by atomic mass is 19.2. The summed E-state index contributed by atoms with van der Waals surface area (Å²) in [6.07, 6.45) is -2.66. The Kier molecular flexibility index (Phi) is 11.8. The molecule has 0 spiro atoms. The van der Waals surface area contributed by atoms with Gasteiger partial charge in [-0.3, -0.25) is 19.3 Å². The molecule has 3 amide bonds. The number of benzene rings is 3. The van der Waals surface area contributed by atoms with Crippen molar-refractivity contribution in [1.82, 2.24) is 10.6 Å². The van der Waals surface area contributed by atoms with Crippen LogP contribution in [0.3, 0.4) is 0 Å². The number of halogens is 2. The zero-order chi connectivity index (χ0) is 34.1. The molecule has 250 valence electrons. The molecule has 0 radical (unpaired) electrons. The fourth-order valence-corrected chi connectivity index (χ4v) is 5.80. The highest BCUT2D eigenvalue weighted by Crippen LogP contribution is 2.30. The fraction of sp³-hybridized carbons (Fsp3) is 0.371. The number of aliphatic hydroxyl groups is 1. The van der Waals surface area contributed by atoms with Gasteiger partial charge in [0.1, 0.15) is 0 Å². The van der Waals surface area contributed by atoms with Crippen LogP contribution in [0, 0.1) is 17.6 Å². The predicted molar refractivity (Wildman–Crippen MR) is 171 cm³/mol. The molecule has 10 nitrogen and oxygen atoms in total. The first kappa shape index (κ1) is 35.2. The van der Waals surface area contributed by atoms with E-state index in [0.717, 1.165) is 28.2 Å². The highest BCUT2D eigenvalue weighted by Gasteiger charge is 2.43. The summed E-state index contributed by atoms with van der Waals surface area (Å²) in [5.74, 6) is -4.30. The number of Topliss-reactive ketones (excluding diaryl/α,β-unsaturated/α-hetero) is 1. The lowest BCUT2D eigenvalue weighted by Gasteiger charge is -2.38. The van der Waals surface area contributed by atoms with Gasteiger partial charge in [-0.1, -0.05) is 67.6 Å². The number of carbonyl (C=O) groups excluding carboxylic acids is 4. The Bertz CT molecular complexity index is 1560. The lowest BCUT2D eigenvalue weighted by Crippen LogP contribution is -2.59. The molecule has 5 atom stereocenters. The van der Waals surface area contributed by atoms with Crippen molar-refractivity contribution < 1.29 is 37.8 Å². The van der Waals surface area contributed by atoms with Gasteiger partial charge in [0.05, 0.1) is 36.5 Å². The Morgan fingerprint density at radius 1 is 1.00 bits per heavy atom. The summed E-state index contributed by atoms with van der Waals surface area (Å²) in [5.41, 5.74) is 7.11. The predicted octanol–water partition coefficient (Wildman–Crippen LogP) is 3.44. The normalized spacial score (nSPS) is 17.6. The fourth-order valence-electron chi connectivity index (χ4n) is 5.80. The number of anilines is 1.